The van der Waals surface area contributed by atoms with Gasteiger partial charge in [-0.15, -0.1) is 0 Å². The van der Waals surface area contributed by atoms with Crippen molar-refractivity contribution >= 4 is 17.0 Å². The molecule has 0 N–H and O–H groups in total. The SMILES string of the molecule is CC(C)c1nc2ccc(Cc3ccccc3)cc2c(=O)n1C[C@H]1CCCN(C(=O)OC(C)(C)C)C1. The fourth-order valence-corrected chi connectivity index (χ4v) is 4.81. The number of amides is 1. The maximum Gasteiger partial charge on any atom is 0.410 e. The Morgan fingerprint density at radius 2 is 1.86 bits per heavy atom. The minimum atomic E-state index is -0.522. The third-order valence-corrected chi connectivity index (χ3v) is 6.43. The van der Waals surface area contributed by atoms with Crippen molar-refractivity contribution in [2.45, 2.75) is 71.9 Å². The number of piperidine rings is 1. The highest BCUT2D eigenvalue weighted by molar-refractivity contribution is 5.78. The number of likely N-dealkylation sites (tertiary alicyclic amines) is 1. The smallest absolute Gasteiger partial charge is 0.410 e. The number of fused-ring (bicyclic) bond motifs is 1. The second kappa shape index (κ2) is 10.2. The van der Waals surface area contributed by atoms with Crippen LogP contribution in [-0.4, -0.2) is 39.2 Å². The minimum Gasteiger partial charge on any atom is -0.444 e. The first-order valence-electron chi connectivity index (χ1n) is 12.7. The highest BCUT2D eigenvalue weighted by atomic mass is 16.6. The van der Waals surface area contributed by atoms with Crippen LogP contribution in [0.3, 0.4) is 0 Å². The number of ether oxygens (including phenoxy) is 1. The quantitative estimate of drug-likeness (QED) is 0.471. The van der Waals surface area contributed by atoms with Gasteiger partial charge in [0.25, 0.3) is 5.56 Å². The van der Waals surface area contributed by atoms with Gasteiger partial charge in [-0.3, -0.25) is 9.36 Å². The molecule has 0 radical (unpaired) electrons. The van der Waals surface area contributed by atoms with E-state index in [1.165, 1.54) is 5.56 Å². The van der Waals surface area contributed by atoms with Crippen molar-refractivity contribution < 1.29 is 9.53 Å². The molecule has 6 nitrogen and oxygen atoms in total. The van der Waals surface area contributed by atoms with E-state index in [4.69, 9.17) is 9.72 Å². The van der Waals surface area contributed by atoms with E-state index in [2.05, 4.69) is 32.0 Å². The van der Waals surface area contributed by atoms with E-state index in [1.807, 2.05) is 55.7 Å². The molecule has 1 amide bonds. The van der Waals surface area contributed by atoms with Gasteiger partial charge in [-0.25, -0.2) is 9.78 Å². The van der Waals surface area contributed by atoms with E-state index in [0.717, 1.165) is 36.2 Å². The van der Waals surface area contributed by atoms with Crippen LogP contribution in [0.1, 0.15) is 70.3 Å². The Labute approximate surface area is 207 Å². The van der Waals surface area contributed by atoms with Gasteiger partial charge < -0.3 is 9.64 Å². The van der Waals surface area contributed by atoms with Gasteiger partial charge in [-0.05, 0) is 69.2 Å². The Kier molecular flexibility index (Phi) is 7.29. The zero-order valence-electron chi connectivity index (χ0n) is 21.6. The van der Waals surface area contributed by atoms with Crippen molar-refractivity contribution in [2.75, 3.05) is 13.1 Å². The number of hydrogen-bond donors (Lipinski definition) is 0. The summed E-state index contributed by atoms with van der Waals surface area (Å²) in [6, 6.07) is 16.3. The molecule has 2 aromatic carbocycles. The molecule has 0 spiro atoms. The maximum absolute atomic E-state index is 13.8. The molecule has 1 saturated heterocycles. The molecule has 1 fully saturated rings. The van der Waals surface area contributed by atoms with Gasteiger partial charge in [0, 0.05) is 25.6 Å². The van der Waals surface area contributed by atoms with Crippen LogP contribution in [0.5, 0.6) is 0 Å². The van der Waals surface area contributed by atoms with E-state index in [1.54, 1.807) is 4.90 Å². The Bertz CT molecular complexity index is 1240. The van der Waals surface area contributed by atoms with Gasteiger partial charge in [0.2, 0.25) is 0 Å². The first kappa shape index (κ1) is 25.0. The summed E-state index contributed by atoms with van der Waals surface area (Å²) in [6.45, 7) is 11.6. The van der Waals surface area contributed by atoms with Gasteiger partial charge in [-0.2, -0.15) is 0 Å². The summed E-state index contributed by atoms with van der Waals surface area (Å²) < 4.78 is 7.44. The summed E-state index contributed by atoms with van der Waals surface area (Å²) >= 11 is 0. The van der Waals surface area contributed by atoms with Crippen molar-refractivity contribution in [3.8, 4) is 0 Å². The molecule has 0 aliphatic carbocycles. The Morgan fingerprint density at radius 1 is 1.11 bits per heavy atom. The van der Waals surface area contributed by atoms with Crippen LogP contribution < -0.4 is 5.56 Å². The molecular weight excluding hydrogens is 438 g/mol. The van der Waals surface area contributed by atoms with Crippen LogP contribution in [0.15, 0.2) is 53.3 Å². The zero-order chi connectivity index (χ0) is 25.2. The Hall–Kier alpha value is -3.15. The van der Waals surface area contributed by atoms with Gasteiger partial charge in [-0.1, -0.05) is 50.2 Å². The summed E-state index contributed by atoms with van der Waals surface area (Å²) in [4.78, 5) is 33.1. The molecule has 1 aliphatic heterocycles. The lowest BCUT2D eigenvalue weighted by atomic mass is 9.97. The molecule has 3 aromatic rings. The second-order valence-electron chi connectivity index (χ2n) is 11.0. The third kappa shape index (κ3) is 6.11. The van der Waals surface area contributed by atoms with Gasteiger partial charge in [0.15, 0.2) is 0 Å². The number of benzene rings is 2. The highest BCUT2D eigenvalue weighted by Crippen LogP contribution is 2.23. The molecule has 1 aromatic heterocycles. The number of carbonyl (C=O) groups excluding carboxylic acids is 1. The highest BCUT2D eigenvalue weighted by Gasteiger charge is 2.29. The predicted octanol–water partition coefficient (Wildman–Crippen LogP) is 5.76. The van der Waals surface area contributed by atoms with E-state index < -0.39 is 5.60 Å². The van der Waals surface area contributed by atoms with Crippen molar-refractivity contribution in [1.29, 1.82) is 0 Å². The topological polar surface area (TPSA) is 64.4 Å². The summed E-state index contributed by atoms with van der Waals surface area (Å²) in [5, 5.41) is 0.655. The lowest BCUT2D eigenvalue weighted by Crippen LogP contribution is -2.44. The molecule has 6 heteroatoms. The van der Waals surface area contributed by atoms with Gasteiger partial charge in [0.05, 0.1) is 10.9 Å². The largest absolute Gasteiger partial charge is 0.444 e. The minimum absolute atomic E-state index is 0.00278. The van der Waals surface area contributed by atoms with Crippen LogP contribution in [0, 0.1) is 5.92 Å². The number of carbonyl (C=O) groups is 1. The molecule has 35 heavy (non-hydrogen) atoms. The average molecular weight is 476 g/mol. The van der Waals surface area contributed by atoms with E-state index in [9.17, 15) is 9.59 Å². The summed E-state index contributed by atoms with van der Waals surface area (Å²) in [7, 11) is 0. The molecule has 4 rings (SSSR count). The standard InChI is InChI=1S/C29H37N3O3/c1-20(2)26-30-25-14-13-22(16-21-10-7-6-8-11-21)17-24(25)27(33)32(26)19-23-12-9-15-31(18-23)28(34)35-29(3,4)5/h6-8,10-11,13-14,17,20,23H,9,12,15-16,18-19H2,1-5H3/t23-/m0/s1. The van der Waals surface area contributed by atoms with E-state index in [-0.39, 0.29) is 23.5 Å². The molecule has 1 atom stereocenters. The van der Waals surface area contributed by atoms with Crippen molar-refractivity contribution in [3.05, 3.63) is 75.8 Å². The second-order valence-corrected chi connectivity index (χ2v) is 11.0. The number of aromatic nitrogens is 2. The third-order valence-electron chi connectivity index (χ3n) is 6.43. The summed E-state index contributed by atoms with van der Waals surface area (Å²) in [5.74, 6) is 1.09. The van der Waals surface area contributed by atoms with Crippen molar-refractivity contribution in [2.24, 2.45) is 5.92 Å². The van der Waals surface area contributed by atoms with Crippen LogP contribution in [-0.2, 0) is 17.7 Å². The number of nitrogens with zero attached hydrogens (tertiary/aromatic N) is 3. The van der Waals surface area contributed by atoms with Gasteiger partial charge >= 0.3 is 6.09 Å². The molecule has 186 valence electrons. The fraction of sp³-hybridized carbons (Fsp3) is 0.483. The van der Waals surface area contributed by atoms with Crippen molar-refractivity contribution in [3.63, 3.8) is 0 Å². The number of rotatable bonds is 5. The lowest BCUT2D eigenvalue weighted by Gasteiger charge is -2.34. The summed E-state index contributed by atoms with van der Waals surface area (Å²) in [5.41, 5.74) is 2.53. The van der Waals surface area contributed by atoms with E-state index in [0.29, 0.717) is 25.0 Å². The van der Waals surface area contributed by atoms with Crippen LogP contribution in [0.2, 0.25) is 0 Å². The monoisotopic (exact) mass is 475 g/mol. The molecule has 0 unspecified atom stereocenters. The Morgan fingerprint density at radius 3 is 2.54 bits per heavy atom. The fourth-order valence-electron chi connectivity index (χ4n) is 4.81. The maximum atomic E-state index is 13.8. The van der Waals surface area contributed by atoms with Gasteiger partial charge in [0.1, 0.15) is 11.4 Å². The first-order chi connectivity index (χ1) is 16.6. The Balaban J connectivity index is 1.62. The molecule has 2 heterocycles. The molecule has 1 aliphatic rings. The zero-order valence-corrected chi connectivity index (χ0v) is 21.6. The molecule has 0 saturated carbocycles. The lowest BCUT2D eigenvalue weighted by molar-refractivity contribution is 0.0156. The first-order valence-corrected chi connectivity index (χ1v) is 12.7. The van der Waals surface area contributed by atoms with Crippen LogP contribution in [0.25, 0.3) is 10.9 Å². The van der Waals surface area contributed by atoms with Crippen LogP contribution >= 0.6 is 0 Å². The predicted molar refractivity (Wildman–Crippen MR) is 140 cm³/mol. The summed E-state index contributed by atoms with van der Waals surface area (Å²) in [6.07, 6.45) is 2.36. The van der Waals surface area contributed by atoms with Crippen LogP contribution in [0.4, 0.5) is 4.79 Å². The van der Waals surface area contributed by atoms with E-state index >= 15 is 0 Å². The average Bonchev–Trinajstić information content (AvgIpc) is 2.80. The molecule has 0 bridgehead atoms. The number of hydrogen-bond acceptors (Lipinski definition) is 4. The normalized spacial score (nSPS) is 16.6. The molecular formula is C29H37N3O3. The van der Waals surface area contributed by atoms with Crippen molar-refractivity contribution in [1.82, 2.24) is 14.5 Å².